The number of ether oxygens (including phenoxy) is 6. The lowest BCUT2D eigenvalue weighted by atomic mass is 9.84. The van der Waals surface area contributed by atoms with Crippen LogP contribution < -0.4 is 44.4 Å². The van der Waals surface area contributed by atoms with Crippen LogP contribution in [-0.2, 0) is 24.1 Å². The normalized spacial score (nSPS) is 20.9. The Hall–Kier alpha value is -8.80. The number of piperidine rings is 3. The Labute approximate surface area is 742 Å². The van der Waals surface area contributed by atoms with E-state index in [1.54, 1.807) is 28.3 Å². The van der Waals surface area contributed by atoms with E-state index >= 15 is 0 Å². The van der Waals surface area contributed by atoms with Crippen molar-refractivity contribution >= 4 is 55.7 Å². The van der Waals surface area contributed by atoms with E-state index in [-0.39, 0.29) is 5.91 Å². The highest BCUT2D eigenvalue weighted by Crippen LogP contribution is 2.49. The number of methoxy groups -OCH3 is 3. The average molecular weight is 1710 g/mol. The van der Waals surface area contributed by atoms with Crippen LogP contribution in [0.15, 0.2) is 80.0 Å². The second-order valence-corrected chi connectivity index (χ2v) is 38.2. The summed E-state index contributed by atoms with van der Waals surface area (Å²) in [6, 6.07) is 25.0. The maximum Gasteiger partial charge on any atom is 0.219 e. The number of likely N-dealkylation sites (tertiary alicyclic amines) is 6. The maximum absolute atomic E-state index is 11.8. The van der Waals surface area contributed by atoms with Crippen molar-refractivity contribution in [2.45, 2.75) is 245 Å². The molecule has 10 aliphatic rings. The number of aryl methyl sites for hydroxylation is 4. The predicted octanol–water partition coefficient (Wildman–Crippen LogP) is 20.3. The monoisotopic (exact) mass is 1710 g/mol. The number of fused-ring (bicyclic) bond motifs is 9. The quantitative estimate of drug-likeness (QED) is 0.0390. The minimum absolute atomic E-state index is 0.191. The molecule has 3 unspecified atom stereocenters. The molecule has 3 aromatic carbocycles. The summed E-state index contributed by atoms with van der Waals surface area (Å²) in [5.41, 5.74) is 14.0. The maximum atomic E-state index is 11.8. The lowest BCUT2D eigenvalue weighted by Gasteiger charge is -2.40. The van der Waals surface area contributed by atoms with E-state index in [9.17, 15) is 4.79 Å². The van der Waals surface area contributed by atoms with Crippen molar-refractivity contribution < 1.29 is 46.5 Å². The third kappa shape index (κ3) is 21.5. The molecule has 7 fully saturated rings. The third-order valence-electron chi connectivity index (χ3n) is 29.3. The third-order valence-corrected chi connectivity index (χ3v) is 29.3. The largest absolute Gasteiger partial charge is 0.493 e. The summed E-state index contributed by atoms with van der Waals surface area (Å²) in [6.07, 6.45) is 35.3. The minimum Gasteiger partial charge on any atom is -0.493 e. The summed E-state index contributed by atoms with van der Waals surface area (Å²) in [7, 11) is 7.43. The molecule has 3 N–H and O–H groups in total. The first kappa shape index (κ1) is 88.2. The van der Waals surface area contributed by atoms with Crippen LogP contribution in [-0.4, -0.2) is 221 Å². The van der Waals surface area contributed by atoms with Crippen molar-refractivity contribution in [2.24, 2.45) is 17.8 Å². The first-order valence-corrected chi connectivity index (χ1v) is 48.5. The fourth-order valence-electron chi connectivity index (χ4n) is 22.3. The molecule has 0 bridgehead atoms. The van der Waals surface area contributed by atoms with Gasteiger partial charge in [0.1, 0.15) is 34.4 Å². The van der Waals surface area contributed by atoms with Gasteiger partial charge < -0.3 is 87.0 Å². The Morgan fingerprint density at radius 3 is 1.14 bits per heavy atom. The van der Waals surface area contributed by atoms with Crippen molar-refractivity contribution in [3.8, 4) is 68.7 Å². The highest BCUT2D eigenvalue weighted by molar-refractivity contribution is 6.01. The van der Waals surface area contributed by atoms with Crippen molar-refractivity contribution in [3.63, 3.8) is 0 Å². The molecular weight excluding hydrogens is 1570 g/mol. The number of amides is 1. The van der Waals surface area contributed by atoms with Gasteiger partial charge in [-0.25, -0.2) is 15.0 Å². The van der Waals surface area contributed by atoms with E-state index < -0.39 is 0 Å². The first-order valence-electron chi connectivity index (χ1n) is 48.5. The Balaban J connectivity index is 0.000000133. The topological polar surface area (TPSA) is 206 Å². The van der Waals surface area contributed by atoms with Gasteiger partial charge in [0.25, 0.3) is 0 Å². The molecule has 9 aliphatic heterocycles. The molecule has 22 nitrogen and oxygen atoms in total. The summed E-state index contributed by atoms with van der Waals surface area (Å²) < 4.78 is 54.7. The van der Waals surface area contributed by atoms with Gasteiger partial charge in [-0.1, -0.05) is 19.3 Å². The molecule has 15 heterocycles. The second-order valence-electron chi connectivity index (χ2n) is 38.2. The van der Waals surface area contributed by atoms with Gasteiger partial charge in [-0.05, 0) is 333 Å². The number of nitrogens with zero attached hydrogens (tertiary/aromatic N) is 9. The molecule has 0 radical (unpaired) electrons. The number of nitrogens with one attached hydrogen (secondary N) is 3. The Morgan fingerprint density at radius 2 is 0.784 bits per heavy atom. The molecule has 6 aromatic heterocycles. The summed E-state index contributed by atoms with van der Waals surface area (Å²) in [6.45, 7) is 29.0. The molecular formula is C103H142N12O10. The van der Waals surface area contributed by atoms with E-state index in [1.165, 1.54) is 203 Å². The number of rotatable bonds is 28. The van der Waals surface area contributed by atoms with Gasteiger partial charge in [0.15, 0.2) is 46.0 Å². The van der Waals surface area contributed by atoms with Crippen LogP contribution in [0, 0.1) is 45.4 Å². The summed E-state index contributed by atoms with van der Waals surface area (Å²) >= 11 is 0. The molecule has 674 valence electrons. The van der Waals surface area contributed by atoms with E-state index in [4.69, 9.17) is 56.6 Å². The molecule has 1 aliphatic carbocycles. The number of carbonyl (C=O) groups excluding carboxylic acids is 1. The van der Waals surface area contributed by atoms with Crippen LogP contribution in [0.1, 0.15) is 214 Å². The smallest absolute Gasteiger partial charge is 0.219 e. The van der Waals surface area contributed by atoms with Gasteiger partial charge >= 0.3 is 0 Å². The van der Waals surface area contributed by atoms with Crippen LogP contribution in [0.4, 0.5) is 17.1 Å². The Morgan fingerprint density at radius 1 is 0.408 bits per heavy atom. The summed E-state index contributed by atoms with van der Waals surface area (Å²) in [4.78, 5) is 42.2. The molecule has 3 atom stereocenters. The first-order chi connectivity index (χ1) is 61.1. The number of furan rings is 3. The number of hydrogen-bond acceptors (Lipinski definition) is 21. The van der Waals surface area contributed by atoms with Crippen molar-refractivity contribution in [1.82, 2.24) is 44.4 Å². The lowest BCUT2D eigenvalue weighted by Crippen LogP contribution is -2.43. The number of benzene rings is 3. The molecule has 9 aromatic rings. The molecule has 0 spiro atoms. The minimum atomic E-state index is 0.191. The fraction of sp³-hybridized carbons (Fsp3) is 0.612. The zero-order valence-corrected chi connectivity index (χ0v) is 76.7. The molecule has 1 amide bonds. The van der Waals surface area contributed by atoms with Gasteiger partial charge in [-0.2, -0.15) is 0 Å². The number of pyridine rings is 3. The number of aromatic nitrogens is 3. The standard InChI is InChI=1S/C37H52N4O3.C33H44N4O4.C33H46N4O3/c1-26-11-14-33(44-26)37-30-13-12-28(23-27-15-20-41(21-16-27)29-9-4-3-5-10-29)38-36(30)31-24-34(42-2)35(25-32(31)39-37)43-22-8-19-40-17-6-7-18-40;1-22-7-10-29(41-22)33-26-9-8-25(19-24-11-16-37(17-12-24)23(2)38)34-32(26)27-20-30(39-3)31(21-28(27)35-33)40-18-6-15-36-13-4-5-14-36;1-22-18-27(23(2)40-22)32-26-9-8-25(19-24-10-15-36(3)16-11-24)34-33(26)28-20-30(38-4)31(21-29(28)35-32)39-17-7-14-37-12-5-6-13-37/h11,14,24-25,27-29,38H,3-10,12-13,15-23H2,1-2H3;7,10,20-21,24-25,34H,4-6,8-9,11-19H2,1-3H3;18,20-21,24-25,34H,5-17,19H2,1-4H3. The van der Waals surface area contributed by atoms with Gasteiger partial charge in [0, 0.05) is 137 Å². The van der Waals surface area contributed by atoms with E-state index in [1.807, 2.05) is 56.9 Å². The van der Waals surface area contributed by atoms with E-state index in [2.05, 4.69) is 90.0 Å². The van der Waals surface area contributed by atoms with Crippen LogP contribution >= 0.6 is 0 Å². The molecule has 1 saturated carbocycles. The Kier molecular flexibility index (Phi) is 29.3. The molecule has 19 rings (SSSR count). The molecule has 125 heavy (non-hydrogen) atoms. The number of carbonyl (C=O) groups is 1. The predicted molar refractivity (Wildman–Crippen MR) is 502 cm³/mol. The lowest BCUT2D eigenvalue weighted by molar-refractivity contribution is -0.130. The van der Waals surface area contributed by atoms with Crippen molar-refractivity contribution in [3.05, 3.63) is 106 Å². The number of hydrogen-bond donors (Lipinski definition) is 3. The Bertz CT molecular complexity index is 5090. The zero-order chi connectivity index (χ0) is 85.9. The van der Waals surface area contributed by atoms with E-state index in [0.717, 1.165) is 258 Å². The van der Waals surface area contributed by atoms with Crippen LogP contribution in [0.5, 0.6) is 34.5 Å². The van der Waals surface area contributed by atoms with Gasteiger partial charge in [0.05, 0.1) is 63.4 Å². The van der Waals surface area contributed by atoms with Gasteiger partial charge in [-0.15, -0.1) is 0 Å². The van der Waals surface area contributed by atoms with E-state index in [0.29, 0.717) is 43.9 Å². The van der Waals surface area contributed by atoms with Gasteiger partial charge in [0.2, 0.25) is 5.91 Å². The summed E-state index contributed by atoms with van der Waals surface area (Å²) in [5.74, 6) is 12.3. The van der Waals surface area contributed by atoms with Crippen LogP contribution in [0.3, 0.4) is 0 Å². The highest BCUT2D eigenvalue weighted by Gasteiger charge is 2.36. The van der Waals surface area contributed by atoms with Gasteiger partial charge in [-0.3, -0.25) is 4.79 Å². The SMILES string of the molecule is COc1cc2c3c(c(-c4cc(C)oc4C)nc2cc1OCCCN1CCCC1)CCC(CC1CCN(C)CC1)N3.COc1cc2c3c(c(-c4ccc(C)o4)nc2cc1OCCCN1CCCC1)CCC(CC1CCN(C(C)=O)CC1)N3.COc1cc2c3c(c(-c4ccc(C)o4)nc2cc1OCCCN1CCCC1)CCC(CC1CCN(C2CCCCC2)CC1)N3. The van der Waals surface area contributed by atoms with Crippen molar-refractivity contribution in [1.29, 1.82) is 0 Å². The van der Waals surface area contributed by atoms with Crippen molar-refractivity contribution in [2.75, 3.05) is 162 Å². The summed E-state index contributed by atoms with van der Waals surface area (Å²) in [5, 5.41) is 15.3. The zero-order valence-electron chi connectivity index (χ0n) is 76.7. The number of anilines is 3. The molecule has 22 heteroatoms. The van der Waals surface area contributed by atoms with Crippen LogP contribution in [0.2, 0.25) is 0 Å². The highest BCUT2D eigenvalue weighted by atomic mass is 16.5. The fourth-order valence-corrected chi connectivity index (χ4v) is 22.3. The average Bonchev–Trinajstić information content (AvgIpc) is 1.70. The second kappa shape index (κ2) is 41.5. The van der Waals surface area contributed by atoms with Crippen LogP contribution in [0.25, 0.3) is 66.9 Å². The molecule has 6 saturated heterocycles.